The molecule has 0 aliphatic rings. The van der Waals surface area contributed by atoms with Crippen LogP contribution in [0.1, 0.15) is 0 Å². The van der Waals surface area contributed by atoms with E-state index in [2.05, 4.69) is 59.4 Å². The fraction of sp³-hybridized carbons (Fsp3) is 0.143. The van der Waals surface area contributed by atoms with Crippen LogP contribution in [0.4, 0.5) is 0 Å². The molecule has 0 fully saturated rings. The number of aromatic nitrogens is 3. The smallest absolute Gasteiger partial charge is 0.344 e. The van der Waals surface area contributed by atoms with Gasteiger partial charge in [-0.2, -0.15) is 9.97 Å². The highest BCUT2D eigenvalue weighted by Crippen LogP contribution is 2.32. The van der Waals surface area contributed by atoms with Gasteiger partial charge in [0.2, 0.25) is 0 Å². The Kier molecular flexibility index (Phi) is 4.00. The number of carbonyl (C=O) groups excluding carboxylic acids is 1. The van der Waals surface area contributed by atoms with Crippen LogP contribution in [0.25, 0.3) is 0 Å². The Morgan fingerprint density at radius 1 is 1.33 bits per heavy atom. The summed E-state index contributed by atoms with van der Waals surface area (Å²) in [6.07, 6.45) is 2.40. The van der Waals surface area contributed by atoms with Crippen molar-refractivity contribution in [3.05, 3.63) is 24.8 Å². The summed E-state index contributed by atoms with van der Waals surface area (Å²) in [6, 6.07) is -0.115. The van der Waals surface area contributed by atoms with E-state index in [4.69, 9.17) is 4.74 Å². The summed E-state index contributed by atoms with van der Waals surface area (Å²) >= 11 is 11.8. The first-order valence-electron chi connectivity index (χ1n) is 3.62. The molecule has 0 radical (unpaired) electrons. The Balaban J connectivity index is 2.69. The summed E-state index contributed by atoms with van der Waals surface area (Å²) in [6.45, 7) is 3.45. The molecule has 15 heavy (non-hydrogen) atoms. The van der Waals surface area contributed by atoms with E-state index in [9.17, 15) is 4.79 Å². The Bertz CT molecular complexity index is 377. The molecule has 1 aromatic heterocycles. The summed E-state index contributed by atoms with van der Waals surface area (Å²) in [5.41, 5.74) is -0.0297. The first-order chi connectivity index (χ1) is 6.91. The molecule has 0 saturated heterocycles. The molecule has 0 spiro atoms. The first-order valence-corrected chi connectivity index (χ1v) is 4.96. The summed E-state index contributed by atoms with van der Waals surface area (Å²) in [5, 5.41) is 0. The van der Waals surface area contributed by atoms with Gasteiger partial charge in [0.05, 0.1) is 5.57 Å². The third-order valence-corrected chi connectivity index (χ3v) is 2.11. The van der Waals surface area contributed by atoms with Crippen molar-refractivity contribution in [1.29, 1.82) is 0 Å². The number of rotatable bonds is 3. The molecule has 0 amide bonds. The van der Waals surface area contributed by atoms with Gasteiger partial charge in [0.1, 0.15) is 16.1 Å². The second-order valence-electron chi connectivity index (χ2n) is 2.42. The second kappa shape index (κ2) is 4.86. The first kappa shape index (κ1) is 12.3. The maximum absolute atomic E-state index is 11.4. The molecule has 0 atom stereocenters. The van der Waals surface area contributed by atoms with Crippen LogP contribution in [-0.4, -0.2) is 24.3 Å². The topological polar surface area (TPSA) is 65.0 Å². The standard InChI is InChI=1S/C7H7N3O2S3/c1-4(7(13,14)15)5(11)12-6-9-2-8-3-10-6/h2-3,13-15H,1H2. The van der Waals surface area contributed by atoms with Crippen molar-refractivity contribution in [2.75, 3.05) is 0 Å². The Hall–Kier alpha value is -0.730. The van der Waals surface area contributed by atoms with Crippen LogP contribution in [-0.2, 0) is 4.79 Å². The minimum atomic E-state index is -1.25. The summed E-state index contributed by atoms with van der Waals surface area (Å²) < 4.78 is 3.51. The summed E-state index contributed by atoms with van der Waals surface area (Å²) in [5.74, 6) is -0.749. The number of esters is 1. The van der Waals surface area contributed by atoms with Crippen LogP contribution in [0, 0.1) is 0 Å². The van der Waals surface area contributed by atoms with Crippen LogP contribution in [0.15, 0.2) is 24.8 Å². The monoisotopic (exact) mass is 261 g/mol. The summed E-state index contributed by atoms with van der Waals surface area (Å²) in [7, 11) is 0. The van der Waals surface area contributed by atoms with Gasteiger partial charge in [0, 0.05) is 0 Å². The van der Waals surface area contributed by atoms with E-state index in [-0.39, 0.29) is 11.6 Å². The minimum absolute atomic E-state index is 0.0297. The number of carbonyl (C=O) groups is 1. The fourth-order valence-electron chi connectivity index (χ4n) is 0.563. The van der Waals surface area contributed by atoms with Gasteiger partial charge in [0.15, 0.2) is 0 Å². The SMILES string of the molecule is C=C(C(=O)Oc1ncncn1)C(S)(S)S. The lowest BCUT2D eigenvalue weighted by atomic mass is 10.3. The van der Waals surface area contributed by atoms with Gasteiger partial charge in [-0.25, -0.2) is 9.78 Å². The molecular weight excluding hydrogens is 254 g/mol. The predicted molar refractivity (Wildman–Crippen MR) is 64.3 cm³/mol. The molecule has 1 heterocycles. The predicted octanol–water partition coefficient (Wildman–Crippen LogP) is 0.776. The number of nitrogens with zero attached hydrogens (tertiary/aromatic N) is 3. The van der Waals surface area contributed by atoms with E-state index in [1.165, 1.54) is 12.7 Å². The summed E-state index contributed by atoms with van der Waals surface area (Å²) in [4.78, 5) is 22.2. The van der Waals surface area contributed by atoms with Crippen molar-refractivity contribution in [2.24, 2.45) is 0 Å². The Morgan fingerprint density at radius 2 is 1.87 bits per heavy atom. The number of ether oxygens (including phenoxy) is 1. The maximum Gasteiger partial charge on any atom is 0.344 e. The quantitative estimate of drug-likeness (QED) is 0.325. The van der Waals surface area contributed by atoms with Crippen molar-refractivity contribution in [2.45, 2.75) is 3.41 Å². The van der Waals surface area contributed by atoms with Gasteiger partial charge in [-0.1, -0.05) is 6.58 Å². The Morgan fingerprint density at radius 3 is 2.33 bits per heavy atom. The Labute approximate surface area is 103 Å². The maximum atomic E-state index is 11.4. The lowest BCUT2D eigenvalue weighted by Crippen LogP contribution is -2.21. The van der Waals surface area contributed by atoms with Crippen LogP contribution < -0.4 is 4.74 Å². The third kappa shape index (κ3) is 3.73. The van der Waals surface area contributed by atoms with Crippen LogP contribution >= 0.6 is 37.9 Å². The van der Waals surface area contributed by atoms with E-state index in [1.807, 2.05) is 0 Å². The molecule has 0 aromatic carbocycles. The molecule has 1 aromatic rings. The van der Waals surface area contributed by atoms with Gasteiger partial charge < -0.3 is 4.74 Å². The molecule has 0 aliphatic heterocycles. The van der Waals surface area contributed by atoms with Crippen molar-refractivity contribution >= 4 is 43.9 Å². The fourth-order valence-corrected chi connectivity index (χ4v) is 0.837. The molecule has 1 rings (SSSR count). The zero-order valence-electron chi connectivity index (χ0n) is 7.36. The highest BCUT2D eigenvalue weighted by atomic mass is 32.2. The van der Waals surface area contributed by atoms with Gasteiger partial charge in [-0.05, 0) is 0 Å². The van der Waals surface area contributed by atoms with Gasteiger partial charge in [0.25, 0.3) is 0 Å². The van der Waals surface area contributed by atoms with Crippen molar-refractivity contribution in [3.8, 4) is 6.01 Å². The zero-order valence-corrected chi connectivity index (χ0v) is 10.0. The van der Waals surface area contributed by atoms with E-state index in [0.29, 0.717) is 0 Å². The minimum Gasteiger partial charge on any atom is -0.387 e. The van der Waals surface area contributed by atoms with Crippen molar-refractivity contribution < 1.29 is 9.53 Å². The third-order valence-electron chi connectivity index (χ3n) is 1.30. The highest BCUT2D eigenvalue weighted by molar-refractivity contribution is 8.17. The molecular formula is C7H7N3O2S3. The van der Waals surface area contributed by atoms with Crippen LogP contribution in [0.5, 0.6) is 6.01 Å². The molecule has 0 unspecified atom stereocenters. The lowest BCUT2D eigenvalue weighted by molar-refractivity contribution is -0.130. The number of thiol groups is 3. The largest absolute Gasteiger partial charge is 0.387 e. The van der Waals surface area contributed by atoms with Crippen LogP contribution in [0.2, 0.25) is 0 Å². The van der Waals surface area contributed by atoms with Crippen LogP contribution in [0.3, 0.4) is 0 Å². The van der Waals surface area contributed by atoms with Gasteiger partial charge >= 0.3 is 12.0 Å². The van der Waals surface area contributed by atoms with Gasteiger partial charge in [-0.15, -0.1) is 37.9 Å². The second-order valence-corrected chi connectivity index (χ2v) is 5.50. The average molecular weight is 261 g/mol. The van der Waals surface area contributed by atoms with Gasteiger partial charge in [-0.3, -0.25) is 0 Å². The zero-order chi connectivity index (χ0) is 11.5. The molecule has 0 bridgehead atoms. The highest BCUT2D eigenvalue weighted by Gasteiger charge is 2.27. The number of hydrogen-bond acceptors (Lipinski definition) is 8. The van der Waals surface area contributed by atoms with E-state index < -0.39 is 9.38 Å². The van der Waals surface area contributed by atoms with E-state index in [0.717, 1.165) is 0 Å². The molecule has 8 heteroatoms. The molecule has 0 N–H and O–H groups in total. The molecule has 0 aliphatic carbocycles. The van der Waals surface area contributed by atoms with Crippen molar-refractivity contribution in [3.63, 3.8) is 0 Å². The molecule has 5 nitrogen and oxygen atoms in total. The normalized spacial score (nSPS) is 10.9. The molecule has 0 saturated carbocycles. The van der Waals surface area contributed by atoms with E-state index >= 15 is 0 Å². The van der Waals surface area contributed by atoms with Crippen molar-refractivity contribution in [1.82, 2.24) is 15.0 Å². The average Bonchev–Trinajstić information content (AvgIpc) is 2.16. The van der Waals surface area contributed by atoms with E-state index in [1.54, 1.807) is 0 Å². The molecule has 80 valence electrons. The number of hydrogen-bond donors (Lipinski definition) is 3. The lowest BCUT2D eigenvalue weighted by Gasteiger charge is -2.16.